The summed E-state index contributed by atoms with van der Waals surface area (Å²) in [5, 5.41) is 8.28. The van der Waals surface area contributed by atoms with Gasteiger partial charge in [-0.3, -0.25) is 9.59 Å². The predicted octanol–water partition coefficient (Wildman–Crippen LogP) is 2.86. The van der Waals surface area contributed by atoms with Gasteiger partial charge in [0.05, 0.1) is 6.42 Å². The van der Waals surface area contributed by atoms with Gasteiger partial charge in [0.2, 0.25) is 5.78 Å². The van der Waals surface area contributed by atoms with Gasteiger partial charge in [0.15, 0.2) is 5.78 Å². The molecule has 0 amide bonds. The molecule has 0 radical (unpaired) electrons. The Balaban J connectivity index is 0.000000555. The van der Waals surface area contributed by atoms with E-state index in [0.717, 1.165) is 0 Å². The van der Waals surface area contributed by atoms with Crippen LogP contribution in [0, 0.1) is 0 Å². The molecule has 0 atom stereocenters. The number of carbonyl (C=O) groups excluding carboxylic acids is 2. The van der Waals surface area contributed by atoms with Crippen LogP contribution >= 0.6 is 0 Å². The van der Waals surface area contributed by atoms with Gasteiger partial charge in [-0.1, -0.05) is 30.3 Å². The number of carboxylic acid groups (broad SMARTS) is 1. The van der Waals surface area contributed by atoms with Gasteiger partial charge < -0.3 is 5.11 Å². The average Bonchev–Trinajstić information content (AvgIpc) is 2.41. The Hall–Kier alpha value is -1.09. The van der Waals surface area contributed by atoms with E-state index in [1.807, 2.05) is 0 Å². The minimum absolute atomic E-state index is 0.218. The van der Waals surface area contributed by atoms with Crippen molar-refractivity contribution < 1.29 is 42.7 Å². The molecule has 1 rings (SSSR count). The second-order valence-electron chi connectivity index (χ2n) is 3.65. The molecule has 0 aliphatic carbocycles. The smallest absolute Gasteiger partial charge is 0.372 e. The molecule has 0 aromatic heterocycles. The molecule has 4 nitrogen and oxygen atoms in total. The van der Waals surface area contributed by atoms with E-state index in [1.165, 1.54) is 20.4 Å². The zero-order valence-corrected chi connectivity index (χ0v) is 13.6. The van der Waals surface area contributed by atoms with E-state index in [-0.39, 0.29) is 23.2 Å². The number of Topliss-reactive ketones (excluding diaryl/α,β-unsaturated/α-hetero) is 2. The van der Waals surface area contributed by atoms with Gasteiger partial charge >= 0.3 is 51.3 Å². The number of carboxylic acids is 1. The maximum atomic E-state index is 11.3. The normalized spacial score (nSPS) is 8.95. The Bertz CT molecular complexity index is 413. The first-order valence-electron chi connectivity index (χ1n) is 6.08. The third-order valence-corrected chi connectivity index (χ3v) is 4.61. The van der Waals surface area contributed by atoms with E-state index in [4.69, 9.17) is 5.11 Å². The number of carbonyl (C=O) groups is 3. The minimum atomic E-state index is -1.57. The molecule has 1 aromatic carbocycles. The zero-order chi connectivity index (χ0) is 14.7. The number of hydrogen-bond donors (Lipinski definition) is 1. The largest absolute Gasteiger partial charge is 0.475 e. The third kappa shape index (κ3) is 8.60. The van der Waals surface area contributed by atoms with E-state index in [0.29, 0.717) is 5.56 Å². The number of hydrogen-bond acceptors (Lipinski definition) is 3. The van der Waals surface area contributed by atoms with Crippen LogP contribution in [0.5, 0.6) is 0 Å². The molecule has 102 valence electrons. The number of aliphatic carboxylic acids is 1. The van der Waals surface area contributed by atoms with Crippen LogP contribution in [0.15, 0.2) is 30.3 Å². The van der Waals surface area contributed by atoms with Gasteiger partial charge in [0.25, 0.3) is 0 Å². The molecule has 0 saturated carbocycles. The Labute approximate surface area is 124 Å². The van der Waals surface area contributed by atoms with Gasteiger partial charge in [0, 0.05) is 5.56 Å². The van der Waals surface area contributed by atoms with E-state index < -0.39 is 24.0 Å². The topological polar surface area (TPSA) is 71.4 Å². The molecule has 0 saturated heterocycles. The van der Waals surface area contributed by atoms with Crippen molar-refractivity contribution in [3.8, 4) is 0 Å². The summed E-state index contributed by atoms with van der Waals surface area (Å²) in [7, 11) is 0. The Morgan fingerprint density at radius 3 is 1.95 bits per heavy atom. The SMILES string of the molecule is C[CH2][Zr][CH2]C.O=C(O)C(=O)CC(=O)c1ccccc1. The molecule has 5 heteroatoms. The first kappa shape index (κ1) is 17.9. The Morgan fingerprint density at radius 2 is 1.58 bits per heavy atom. The molecule has 0 heterocycles. The van der Waals surface area contributed by atoms with Crippen LogP contribution in [-0.4, -0.2) is 22.6 Å². The van der Waals surface area contributed by atoms with Crippen LogP contribution in [0.2, 0.25) is 8.26 Å². The fourth-order valence-corrected chi connectivity index (χ4v) is 2.43. The third-order valence-electron chi connectivity index (χ3n) is 2.16. The Kier molecular flexibility index (Phi) is 10.2. The van der Waals surface area contributed by atoms with Crippen LogP contribution in [0.1, 0.15) is 30.6 Å². The van der Waals surface area contributed by atoms with Gasteiger partial charge in [-0.15, -0.1) is 0 Å². The zero-order valence-electron chi connectivity index (χ0n) is 11.2. The van der Waals surface area contributed by atoms with E-state index in [2.05, 4.69) is 13.8 Å². The van der Waals surface area contributed by atoms with Gasteiger partial charge in [-0.2, -0.15) is 0 Å². The molecule has 0 aliphatic heterocycles. The number of benzene rings is 1. The molecule has 0 fully saturated rings. The summed E-state index contributed by atoms with van der Waals surface area (Å²) in [6.07, 6.45) is -0.584. The van der Waals surface area contributed by atoms with Crippen molar-refractivity contribution in [2.75, 3.05) is 0 Å². The van der Waals surface area contributed by atoms with Crippen LogP contribution in [-0.2, 0) is 32.8 Å². The summed E-state index contributed by atoms with van der Waals surface area (Å²) in [4.78, 5) is 32.1. The van der Waals surface area contributed by atoms with Gasteiger partial charge in [-0.25, -0.2) is 4.79 Å². The first-order valence-corrected chi connectivity index (χ1v) is 9.55. The molecule has 1 aromatic rings. The number of rotatable bonds is 6. The summed E-state index contributed by atoms with van der Waals surface area (Å²) in [5.41, 5.74) is 0.349. The fraction of sp³-hybridized carbons (Fsp3) is 0.357. The minimum Gasteiger partial charge on any atom is -0.475 e. The van der Waals surface area contributed by atoms with E-state index in [1.54, 1.807) is 18.2 Å². The molecule has 0 unspecified atom stereocenters. The van der Waals surface area contributed by atoms with Crippen LogP contribution in [0.3, 0.4) is 0 Å². The summed E-state index contributed by atoms with van der Waals surface area (Å²) >= 11 is 0.218. The van der Waals surface area contributed by atoms with Crippen molar-refractivity contribution in [1.82, 2.24) is 0 Å². The van der Waals surface area contributed by atoms with Gasteiger partial charge in [-0.05, 0) is 0 Å². The quantitative estimate of drug-likeness (QED) is 0.491. The summed E-state index contributed by atoms with van der Waals surface area (Å²) in [6.45, 7) is 4.57. The van der Waals surface area contributed by atoms with Gasteiger partial charge in [0.1, 0.15) is 0 Å². The number of ketones is 2. The van der Waals surface area contributed by atoms with Crippen molar-refractivity contribution in [2.45, 2.75) is 28.5 Å². The van der Waals surface area contributed by atoms with Crippen LogP contribution in [0.25, 0.3) is 0 Å². The van der Waals surface area contributed by atoms with E-state index in [9.17, 15) is 14.4 Å². The monoisotopic (exact) mass is 340 g/mol. The van der Waals surface area contributed by atoms with E-state index >= 15 is 0 Å². The molecule has 0 bridgehead atoms. The average molecular weight is 342 g/mol. The Morgan fingerprint density at radius 1 is 1.05 bits per heavy atom. The standard InChI is InChI=1S/C10H8O4.2C2H5.Zr/c11-8(6-9(12)10(13)14)7-4-2-1-3-5-7;2*1-2;/h1-5H,6H2,(H,13,14);2*1H2,2H3;. The second-order valence-corrected chi connectivity index (χ2v) is 8.36. The first-order chi connectivity index (χ1) is 9.02. The maximum absolute atomic E-state index is 11.3. The van der Waals surface area contributed by atoms with Crippen molar-refractivity contribution in [1.29, 1.82) is 0 Å². The second kappa shape index (κ2) is 10.8. The summed E-state index contributed by atoms with van der Waals surface area (Å²) in [6, 6.07) is 8.11. The molecule has 0 aliphatic rings. The van der Waals surface area contributed by atoms with Crippen LogP contribution in [0.4, 0.5) is 0 Å². The summed E-state index contributed by atoms with van der Waals surface area (Å²) < 4.78 is 3.03. The summed E-state index contributed by atoms with van der Waals surface area (Å²) in [5.74, 6) is -3.13. The molecule has 19 heavy (non-hydrogen) atoms. The predicted molar refractivity (Wildman–Crippen MR) is 69.0 cm³/mol. The molecular weight excluding hydrogens is 323 g/mol. The maximum Gasteiger partial charge on any atom is 0.372 e. The van der Waals surface area contributed by atoms with Crippen LogP contribution < -0.4 is 0 Å². The fourth-order valence-electron chi connectivity index (χ4n) is 1.20. The molecule has 0 spiro atoms. The van der Waals surface area contributed by atoms with Crippen molar-refractivity contribution in [2.24, 2.45) is 0 Å². The van der Waals surface area contributed by atoms with Crippen molar-refractivity contribution >= 4 is 17.5 Å². The van der Waals surface area contributed by atoms with Crippen molar-refractivity contribution in [3.63, 3.8) is 0 Å². The van der Waals surface area contributed by atoms with Crippen molar-refractivity contribution in [3.05, 3.63) is 35.9 Å². The molecule has 1 N–H and O–H groups in total. The molecular formula is C14H18O4Zr.